The molecule has 0 aromatic heterocycles. The molecule has 8 heteroatoms. The van der Waals surface area contributed by atoms with Gasteiger partial charge in [0, 0.05) is 53.0 Å². The van der Waals surface area contributed by atoms with Crippen molar-refractivity contribution < 1.29 is 14.5 Å². The van der Waals surface area contributed by atoms with Crippen LogP contribution in [0.25, 0.3) is 16.3 Å². The zero-order chi connectivity index (χ0) is 25.9. The molecule has 1 N–H and O–H groups in total. The molecule has 2 heterocycles. The van der Waals surface area contributed by atoms with Gasteiger partial charge in [0.2, 0.25) is 0 Å². The number of nitrogens with zero attached hydrogens (tertiary/aromatic N) is 2. The number of hydrogen-bond donors (Lipinski definition) is 1. The predicted molar refractivity (Wildman–Crippen MR) is 146 cm³/mol. The Labute approximate surface area is 220 Å². The number of benzene rings is 3. The summed E-state index contributed by atoms with van der Waals surface area (Å²) in [6, 6.07) is 14.9. The lowest BCUT2D eigenvalue weighted by Gasteiger charge is -2.40. The summed E-state index contributed by atoms with van der Waals surface area (Å²) in [6.07, 6.45) is 1.15. The molecule has 6 rings (SSSR count). The highest BCUT2D eigenvalue weighted by Crippen LogP contribution is 2.53. The topological polar surface area (TPSA) is 84.7 Å². The fraction of sp³-hybridized carbons (Fsp3) is 0.345. The van der Waals surface area contributed by atoms with E-state index in [1.807, 2.05) is 23.1 Å². The summed E-state index contributed by atoms with van der Waals surface area (Å²) in [5.74, 6) is 0.0540. The number of carbonyl (C=O) groups is 1. The van der Waals surface area contributed by atoms with Crippen LogP contribution < -0.4 is 10.2 Å². The number of rotatable bonds is 3. The van der Waals surface area contributed by atoms with Gasteiger partial charge in [0.1, 0.15) is 5.69 Å². The molecule has 37 heavy (non-hydrogen) atoms. The molecule has 0 saturated carbocycles. The lowest BCUT2D eigenvalue weighted by molar-refractivity contribution is -0.384. The molecule has 3 aromatic rings. The van der Waals surface area contributed by atoms with Gasteiger partial charge in [-0.05, 0) is 40.3 Å². The molecule has 0 bridgehead atoms. The SMILES string of the molecule is CC1(C)CC(=O)C2=C(C1)c1c(ccc3ccccc13)NC2c1cc([N+](=O)[O-])c(N2CCOCC2)cc1Cl. The number of morpholine rings is 1. The maximum atomic E-state index is 13.7. The minimum absolute atomic E-state index is 0.0156. The van der Waals surface area contributed by atoms with Gasteiger partial charge >= 0.3 is 0 Å². The third-order valence-corrected chi connectivity index (χ3v) is 8.02. The Kier molecular flexibility index (Phi) is 5.73. The number of nitrogens with one attached hydrogen (secondary N) is 1. The fourth-order valence-electron chi connectivity index (χ4n) is 6.06. The molecule has 0 amide bonds. The van der Waals surface area contributed by atoms with Crippen molar-refractivity contribution >= 4 is 50.8 Å². The summed E-state index contributed by atoms with van der Waals surface area (Å²) in [7, 11) is 0. The number of ether oxygens (including phenoxy) is 1. The van der Waals surface area contributed by atoms with Gasteiger partial charge in [-0.1, -0.05) is 55.8 Å². The quantitative estimate of drug-likeness (QED) is 0.313. The average Bonchev–Trinajstić information content (AvgIpc) is 2.87. The molecule has 7 nitrogen and oxygen atoms in total. The second-order valence-corrected chi connectivity index (χ2v) is 11.2. The summed E-state index contributed by atoms with van der Waals surface area (Å²) in [6.45, 7) is 6.36. The molecule has 1 aliphatic carbocycles. The molecule has 0 spiro atoms. The smallest absolute Gasteiger partial charge is 0.292 e. The van der Waals surface area contributed by atoms with Crippen LogP contribution in [0.4, 0.5) is 17.1 Å². The van der Waals surface area contributed by atoms with Gasteiger partial charge in [-0.25, -0.2) is 0 Å². The Bertz CT molecular complexity index is 1490. The monoisotopic (exact) mass is 517 g/mol. The Morgan fingerprint density at radius 2 is 1.86 bits per heavy atom. The first-order valence-electron chi connectivity index (χ1n) is 12.6. The van der Waals surface area contributed by atoms with E-state index in [4.69, 9.17) is 16.3 Å². The standard InChI is InChI=1S/C29H28ClN3O4/c1-29(2)15-20-26-18-6-4-3-5-17(18)7-8-22(26)31-28(27(20)25(34)16-29)19-13-24(33(35)36)23(14-21(19)30)32-9-11-37-12-10-32/h3-8,13-14,28,31H,9-12,15-16H2,1-2H3. The predicted octanol–water partition coefficient (Wildman–Crippen LogP) is 6.55. The van der Waals surface area contributed by atoms with Crippen molar-refractivity contribution in [1.82, 2.24) is 0 Å². The number of hydrogen-bond acceptors (Lipinski definition) is 6. The number of fused-ring (bicyclic) bond motifs is 4. The van der Waals surface area contributed by atoms with Crippen LogP contribution in [-0.2, 0) is 9.53 Å². The number of allylic oxidation sites excluding steroid dienone is 1. The summed E-state index contributed by atoms with van der Waals surface area (Å²) in [5.41, 5.74) is 4.44. The molecule has 1 unspecified atom stereocenters. The van der Waals surface area contributed by atoms with E-state index in [1.165, 1.54) is 0 Å². The first-order valence-corrected chi connectivity index (χ1v) is 13.0. The molecule has 1 atom stereocenters. The summed E-state index contributed by atoms with van der Waals surface area (Å²) in [5, 5.41) is 18.3. The highest BCUT2D eigenvalue weighted by molar-refractivity contribution is 6.32. The number of halogens is 1. The van der Waals surface area contributed by atoms with Gasteiger partial charge in [0.05, 0.1) is 24.2 Å². The van der Waals surface area contributed by atoms with Crippen LogP contribution in [0.2, 0.25) is 5.02 Å². The number of nitro groups is 1. The highest BCUT2D eigenvalue weighted by Gasteiger charge is 2.42. The molecule has 190 valence electrons. The van der Waals surface area contributed by atoms with E-state index < -0.39 is 6.04 Å². The molecule has 3 aromatic carbocycles. The van der Waals surface area contributed by atoms with Crippen molar-refractivity contribution in [2.45, 2.75) is 32.7 Å². The molecule has 3 aliphatic rings. The van der Waals surface area contributed by atoms with Crippen molar-refractivity contribution in [3.05, 3.63) is 80.4 Å². The third kappa shape index (κ3) is 4.06. The van der Waals surface area contributed by atoms with Crippen LogP contribution >= 0.6 is 11.6 Å². The molecular formula is C29H28ClN3O4. The van der Waals surface area contributed by atoms with Crippen LogP contribution in [0.5, 0.6) is 0 Å². The van der Waals surface area contributed by atoms with E-state index in [1.54, 1.807) is 12.1 Å². The third-order valence-electron chi connectivity index (χ3n) is 7.69. The Morgan fingerprint density at radius 1 is 1.11 bits per heavy atom. The molecule has 2 aliphatic heterocycles. The molecule has 1 fully saturated rings. The molecule has 0 radical (unpaired) electrons. The minimum Gasteiger partial charge on any atom is -0.378 e. The van der Waals surface area contributed by atoms with E-state index >= 15 is 0 Å². The summed E-state index contributed by atoms with van der Waals surface area (Å²) >= 11 is 6.86. The van der Waals surface area contributed by atoms with E-state index in [-0.39, 0.29) is 21.8 Å². The second kappa shape index (κ2) is 8.85. The van der Waals surface area contributed by atoms with Gasteiger partial charge in [0.15, 0.2) is 5.78 Å². The number of nitro benzene ring substituents is 1. The van der Waals surface area contributed by atoms with Crippen molar-refractivity contribution in [3.8, 4) is 0 Å². The average molecular weight is 518 g/mol. The van der Waals surface area contributed by atoms with Crippen molar-refractivity contribution in [1.29, 1.82) is 0 Å². The van der Waals surface area contributed by atoms with Crippen molar-refractivity contribution in [3.63, 3.8) is 0 Å². The number of Topliss-reactive ketones (excluding diaryl/α,β-unsaturated/α-hetero) is 1. The van der Waals surface area contributed by atoms with Crippen LogP contribution in [0, 0.1) is 15.5 Å². The minimum atomic E-state index is -0.572. The Hall–Kier alpha value is -3.42. The summed E-state index contributed by atoms with van der Waals surface area (Å²) in [4.78, 5) is 27.5. The highest BCUT2D eigenvalue weighted by atomic mass is 35.5. The summed E-state index contributed by atoms with van der Waals surface area (Å²) < 4.78 is 5.42. The maximum Gasteiger partial charge on any atom is 0.292 e. The molecular weight excluding hydrogens is 490 g/mol. The maximum absolute atomic E-state index is 13.7. The van der Waals surface area contributed by atoms with E-state index in [0.717, 1.165) is 34.0 Å². The lowest BCUT2D eigenvalue weighted by atomic mass is 9.68. The van der Waals surface area contributed by atoms with Gasteiger partial charge in [-0.3, -0.25) is 14.9 Å². The fourth-order valence-corrected chi connectivity index (χ4v) is 6.33. The Morgan fingerprint density at radius 3 is 2.62 bits per heavy atom. The van der Waals surface area contributed by atoms with Gasteiger partial charge in [-0.2, -0.15) is 0 Å². The largest absolute Gasteiger partial charge is 0.378 e. The lowest BCUT2D eigenvalue weighted by Crippen LogP contribution is -2.36. The zero-order valence-electron chi connectivity index (χ0n) is 20.8. The first-order chi connectivity index (χ1) is 17.7. The normalized spacial score (nSPS) is 20.9. The van der Waals surface area contributed by atoms with Gasteiger partial charge < -0.3 is 15.0 Å². The van der Waals surface area contributed by atoms with Crippen molar-refractivity contribution in [2.75, 3.05) is 36.5 Å². The van der Waals surface area contributed by atoms with Gasteiger partial charge in [0.25, 0.3) is 5.69 Å². The first kappa shape index (κ1) is 23.9. The number of anilines is 2. The van der Waals surface area contributed by atoms with Crippen molar-refractivity contribution in [2.24, 2.45) is 5.41 Å². The second-order valence-electron chi connectivity index (χ2n) is 10.8. The number of carbonyl (C=O) groups excluding carboxylic acids is 1. The molecule has 1 saturated heterocycles. The Balaban J connectivity index is 1.56. The van der Waals surface area contributed by atoms with Crippen LogP contribution in [-0.4, -0.2) is 37.0 Å². The van der Waals surface area contributed by atoms with Crippen LogP contribution in [0.15, 0.2) is 54.1 Å². The van der Waals surface area contributed by atoms with E-state index in [0.29, 0.717) is 54.6 Å². The van der Waals surface area contributed by atoms with Crippen LogP contribution in [0.1, 0.15) is 43.9 Å². The van der Waals surface area contributed by atoms with Crippen LogP contribution in [0.3, 0.4) is 0 Å². The van der Waals surface area contributed by atoms with Gasteiger partial charge in [-0.15, -0.1) is 0 Å². The van der Waals surface area contributed by atoms with E-state index in [9.17, 15) is 14.9 Å². The zero-order valence-corrected chi connectivity index (χ0v) is 21.6. The van der Waals surface area contributed by atoms with E-state index in [2.05, 4.69) is 37.4 Å². The number of ketones is 1.